The van der Waals surface area contributed by atoms with E-state index in [1.54, 1.807) is 0 Å². The van der Waals surface area contributed by atoms with Gasteiger partial charge in [-0.15, -0.1) is 0 Å². The van der Waals surface area contributed by atoms with Crippen molar-refractivity contribution in [3.8, 4) is 0 Å². The third-order valence-corrected chi connectivity index (χ3v) is 0.855. The minimum Gasteiger partial charge on any atom is -0.458 e. The zero-order valence-electron chi connectivity index (χ0n) is 5.80. The Kier molecular flexibility index (Phi) is 3.96. The van der Waals surface area contributed by atoms with E-state index in [1.165, 1.54) is 6.08 Å². The molecule has 0 aromatic carbocycles. The highest BCUT2D eigenvalue weighted by atomic mass is 16.5. The molecule has 0 amide bonds. The summed E-state index contributed by atoms with van der Waals surface area (Å²) < 4.78 is 4.62. The van der Waals surface area contributed by atoms with E-state index >= 15 is 0 Å². The summed E-state index contributed by atoms with van der Waals surface area (Å²) >= 11 is 0. The van der Waals surface area contributed by atoms with Crippen LogP contribution in [0.25, 0.3) is 0 Å². The predicted molar refractivity (Wildman–Crippen MR) is 40.5 cm³/mol. The van der Waals surface area contributed by atoms with Crippen molar-refractivity contribution in [2.24, 2.45) is 0 Å². The molecule has 0 bridgehead atoms. The summed E-state index contributed by atoms with van der Waals surface area (Å²) in [6.45, 7) is 10.4. The van der Waals surface area contributed by atoms with Crippen LogP contribution < -0.4 is 0 Å². The van der Waals surface area contributed by atoms with Crippen molar-refractivity contribution in [1.29, 1.82) is 0 Å². The number of rotatable bonds is 4. The van der Waals surface area contributed by atoms with Gasteiger partial charge >= 0.3 is 5.97 Å². The van der Waals surface area contributed by atoms with E-state index in [1.807, 2.05) is 0 Å². The molecule has 0 atom stereocenters. The minimum absolute atomic E-state index is 0.189. The highest BCUT2D eigenvalue weighted by molar-refractivity contribution is 5.81. The maximum Gasteiger partial charge on any atom is 0.330 e. The Bertz CT molecular complexity index is 148. The molecule has 0 spiro atoms. The molecule has 0 N–H and O–H groups in total. The van der Waals surface area contributed by atoms with Crippen LogP contribution in [0.5, 0.6) is 0 Å². The smallest absolute Gasteiger partial charge is 0.330 e. The zero-order chi connectivity index (χ0) is 7.98. The summed E-state index contributed by atoms with van der Waals surface area (Å²) in [5.74, 6) is -0.442. The van der Waals surface area contributed by atoms with Crippen molar-refractivity contribution in [3.63, 3.8) is 0 Å². The Balaban J connectivity index is 3.54. The summed E-state index contributed by atoms with van der Waals surface area (Å²) in [6.07, 6.45) is 2.65. The topological polar surface area (TPSA) is 26.3 Å². The van der Waals surface area contributed by atoms with Crippen LogP contribution in [0.1, 0.15) is 0 Å². The Morgan fingerprint density at radius 1 is 1.40 bits per heavy atom. The van der Waals surface area contributed by atoms with Gasteiger partial charge in [0.2, 0.25) is 0 Å². The van der Waals surface area contributed by atoms with Gasteiger partial charge in [0.1, 0.15) is 6.61 Å². The molecule has 0 rings (SSSR count). The second-order valence-corrected chi connectivity index (χ2v) is 1.67. The predicted octanol–water partition coefficient (Wildman–Crippen LogP) is 1.46. The first-order valence-corrected chi connectivity index (χ1v) is 2.80. The molecular formula is C8H10O2. The SMILES string of the molecule is C=CC(=C)COC(=O)C=C. The van der Waals surface area contributed by atoms with Crippen LogP contribution in [0.3, 0.4) is 0 Å². The van der Waals surface area contributed by atoms with Gasteiger partial charge in [-0.25, -0.2) is 4.79 Å². The van der Waals surface area contributed by atoms with Gasteiger partial charge in [-0.05, 0) is 5.57 Å². The summed E-state index contributed by atoms with van der Waals surface area (Å²) in [7, 11) is 0. The quantitative estimate of drug-likeness (QED) is 0.334. The van der Waals surface area contributed by atoms with E-state index in [2.05, 4.69) is 24.5 Å². The number of carbonyl (C=O) groups excluding carboxylic acids is 1. The first-order valence-electron chi connectivity index (χ1n) is 2.80. The Hall–Kier alpha value is -1.31. The average Bonchev–Trinajstić information content (AvgIpc) is 1.99. The maximum absolute atomic E-state index is 10.4. The normalized spacial score (nSPS) is 8.00. The Morgan fingerprint density at radius 2 is 2.00 bits per heavy atom. The molecule has 0 aliphatic carbocycles. The lowest BCUT2D eigenvalue weighted by molar-refractivity contribution is -0.136. The lowest BCUT2D eigenvalue weighted by Gasteiger charge is -1.98. The lowest BCUT2D eigenvalue weighted by atomic mass is 10.3. The second-order valence-electron chi connectivity index (χ2n) is 1.67. The highest BCUT2D eigenvalue weighted by Crippen LogP contribution is 1.91. The third-order valence-electron chi connectivity index (χ3n) is 0.855. The molecule has 0 aliphatic heterocycles. The Morgan fingerprint density at radius 3 is 2.40 bits per heavy atom. The van der Waals surface area contributed by atoms with Crippen molar-refractivity contribution in [3.05, 3.63) is 37.5 Å². The molecule has 0 aliphatic rings. The van der Waals surface area contributed by atoms with Crippen LogP contribution in [-0.2, 0) is 9.53 Å². The molecule has 0 aromatic rings. The monoisotopic (exact) mass is 138 g/mol. The van der Waals surface area contributed by atoms with Crippen molar-refractivity contribution in [2.75, 3.05) is 6.61 Å². The van der Waals surface area contributed by atoms with Crippen LogP contribution in [-0.4, -0.2) is 12.6 Å². The molecule has 0 aromatic heterocycles. The number of carbonyl (C=O) groups is 1. The second kappa shape index (κ2) is 4.56. The van der Waals surface area contributed by atoms with E-state index in [4.69, 9.17) is 0 Å². The van der Waals surface area contributed by atoms with Crippen molar-refractivity contribution in [2.45, 2.75) is 0 Å². The van der Waals surface area contributed by atoms with Gasteiger partial charge in [0.15, 0.2) is 0 Å². The van der Waals surface area contributed by atoms with Gasteiger partial charge in [0.05, 0.1) is 0 Å². The molecule has 0 saturated heterocycles. The van der Waals surface area contributed by atoms with Gasteiger partial charge in [-0.3, -0.25) is 0 Å². The molecule has 0 radical (unpaired) electrons. The molecule has 2 nitrogen and oxygen atoms in total. The first-order chi connectivity index (χ1) is 4.70. The fraction of sp³-hybridized carbons (Fsp3) is 0.125. The number of esters is 1. The molecule has 10 heavy (non-hydrogen) atoms. The van der Waals surface area contributed by atoms with Gasteiger partial charge in [0.25, 0.3) is 0 Å². The van der Waals surface area contributed by atoms with Crippen LogP contribution in [0.4, 0.5) is 0 Å². The van der Waals surface area contributed by atoms with Crippen LogP contribution in [0.2, 0.25) is 0 Å². The summed E-state index contributed by atoms with van der Waals surface area (Å²) in [5, 5.41) is 0. The molecule has 2 heteroatoms. The average molecular weight is 138 g/mol. The standard InChI is InChI=1S/C8H10O2/c1-4-7(3)6-10-8(9)5-2/h4-5H,1-3,6H2. The van der Waals surface area contributed by atoms with Crippen molar-refractivity contribution in [1.82, 2.24) is 0 Å². The molecular weight excluding hydrogens is 128 g/mol. The number of hydrogen-bond donors (Lipinski definition) is 0. The van der Waals surface area contributed by atoms with Gasteiger partial charge < -0.3 is 4.74 Å². The summed E-state index contributed by atoms with van der Waals surface area (Å²) in [6, 6.07) is 0. The van der Waals surface area contributed by atoms with E-state index in [0.717, 1.165) is 6.08 Å². The molecule has 54 valence electrons. The summed E-state index contributed by atoms with van der Waals surface area (Å²) in [4.78, 5) is 10.4. The largest absolute Gasteiger partial charge is 0.458 e. The Labute approximate surface area is 60.5 Å². The zero-order valence-corrected chi connectivity index (χ0v) is 5.80. The third kappa shape index (κ3) is 3.66. The van der Waals surface area contributed by atoms with E-state index in [0.29, 0.717) is 5.57 Å². The fourth-order valence-electron chi connectivity index (χ4n) is 0.282. The van der Waals surface area contributed by atoms with Crippen LogP contribution in [0.15, 0.2) is 37.5 Å². The van der Waals surface area contributed by atoms with Gasteiger partial charge in [0, 0.05) is 6.08 Å². The first kappa shape index (κ1) is 8.69. The number of hydrogen-bond acceptors (Lipinski definition) is 2. The molecule has 0 fully saturated rings. The van der Waals surface area contributed by atoms with Gasteiger partial charge in [-0.2, -0.15) is 0 Å². The van der Waals surface area contributed by atoms with Crippen molar-refractivity contribution < 1.29 is 9.53 Å². The summed E-state index contributed by atoms with van der Waals surface area (Å²) in [5.41, 5.74) is 0.676. The molecule has 0 unspecified atom stereocenters. The van der Waals surface area contributed by atoms with E-state index in [9.17, 15) is 4.79 Å². The van der Waals surface area contributed by atoms with E-state index in [-0.39, 0.29) is 6.61 Å². The van der Waals surface area contributed by atoms with E-state index < -0.39 is 5.97 Å². The molecule has 0 saturated carbocycles. The highest BCUT2D eigenvalue weighted by Gasteiger charge is 1.93. The lowest BCUT2D eigenvalue weighted by Crippen LogP contribution is -2.02. The number of ether oxygens (including phenoxy) is 1. The van der Waals surface area contributed by atoms with Crippen molar-refractivity contribution >= 4 is 5.97 Å². The maximum atomic E-state index is 10.4. The molecule has 0 heterocycles. The van der Waals surface area contributed by atoms with Crippen LogP contribution >= 0.6 is 0 Å². The fourth-order valence-corrected chi connectivity index (χ4v) is 0.282. The van der Waals surface area contributed by atoms with Crippen LogP contribution in [0, 0.1) is 0 Å². The minimum atomic E-state index is -0.442. The van der Waals surface area contributed by atoms with Gasteiger partial charge in [-0.1, -0.05) is 25.8 Å².